The van der Waals surface area contributed by atoms with Gasteiger partial charge in [-0.3, -0.25) is 4.79 Å². The summed E-state index contributed by atoms with van der Waals surface area (Å²) in [6.45, 7) is 0. The smallest absolute Gasteiger partial charge is 0.291 e. The summed E-state index contributed by atoms with van der Waals surface area (Å²) in [5.74, 6) is 0.827. The number of benzene rings is 2. The van der Waals surface area contributed by atoms with Crippen LogP contribution in [-0.2, 0) is 0 Å². The molecular weight excluding hydrogens is 365 g/mol. The van der Waals surface area contributed by atoms with Crippen molar-refractivity contribution in [1.29, 1.82) is 0 Å². The summed E-state index contributed by atoms with van der Waals surface area (Å²) in [5.41, 5.74) is 1.41. The van der Waals surface area contributed by atoms with Crippen LogP contribution in [0.1, 0.15) is 17.0 Å². The number of halogens is 1. The number of fused-ring (bicyclic) bond motifs is 1. The minimum Gasteiger partial charge on any atom is -0.496 e. The van der Waals surface area contributed by atoms with Crippen LogP contribution in [0.5, 0.6) is 5.75 Å². The van der Waals surface area contributed by atoms with Crippen LogP contribution < -0.4 is 14.8 Å². The summed E-state index contributed by atoms with van der Waals surface area (Å²) in [6.07, 6.45) is 5.23. The summed E-state index contributed by atoms with van der Waals surface area (Å²) in [7, 11) is 1.59. The van der Waals surface area contributed by atoms with Crippen molar-refractivity contribution in [3.63, 3.8) is 0 Å². The predicted octanol–water partition coefficient (Wildman–Crippen LogP) is 3.02. The first-order valence-corrected chi connectivity index (χ1v) is 8.94. The zero-order valence-corrected chi connectivity index (χ0v) is 15.1. The largest absolute Gasteiger partial charge is 0.496 e. The lowest BCUT2D eigenvalue weighted by Crippen LogP contribution is -2.23. The molecule has 27 heavy (non-hydrogen) atoms. The number of methoxy groups -OCH3 is 1. The minimum absolute atomic E-state index is 0.227. The third-order valence-corrected chi connectivity index (χ3v) is 4.88. The van der Waals surface area contributed by atoms with E-state index < -0.39 is 0 Å². The Morgan fingerprint density at radius 1 is 1.11 bits per heavy atom. The maximum atomic E-state index is 12.9. The Labute approximate surface area is 157 Å². The number of hydrogen-bond acceptors (Lipinski definition) is 5. The Balaban J connectivity index is 1.68. The zero-order chi connectivity index (χ0) is 18.8. The van der Waals surface area contributed by atoms with Crippen molar-refractivity contribution >= 4 is 34.5 Å². The van der Waals surface area contributed by atoms with Crippen LogP contribution >= 0.6 is 11.3 Å². The van der Waals surface area contributed by atoms with Gasteiger partial charge in [-0.15, -0.1) is 5.10 Å². The number of thiazole rings is 1. The van der Waals surface area contributed by atoms with E-state index in [1.165, 1.54) is 28.0 Å². The molecule has 0 bridgehead atoms. The van der Waals surface area contributed by atoms with Crippen LogP contribution in [0.15, 0.2) is 53.3 Å². The monoisotopic (exact) mass is 379 g/mol. The summed E-state index contributed by atoms with van der Waals surface area (Å²) >= 11 is 1.26. The van der Waals surface area contributed by atoms with Gasteiger partial charge in [0.25, 0.3) is 5.56 Å². The first kappa shape index (κ1) is 17.1. The van der Waals surface area contributed by atoms with Crippen LogP contribution in [-0.4, -0.2) is 21.7 Å². The molecule has 4 aromatic rings. The maximum absolute atomic E-state index is 12.9. The molecule has 0 radical (unpaired) electrons. The van der Waals surface area contributed by atoms with E-state index in [4.69, 9.17) is 4.74 Å². The van der Waals surface area contributed by atoms with Gasteiger partial charge in [0.2, 0.25) is 4.96 Å². The Morgan fingerprint density at radius 3 is 2.63 bits per heavy atom. The number of nitrogens with zero attached hydrogens (tertiary/aromatic N) is 3. The van der Waals surface area contributed by atoms with E-state index in [0.29, 0.717) is 21.1 Å². The average Bonchev–Trinajstić information content (AvgIpc) is 3.21. The van der Waals surface area contributed by atoms with Gasteiger partial charge in [0.15, 0.2) is 5.82 Å². The molecule has 0 amide bonds. The first-order chi connectivity index (χ1) is 13.1. The van der Waals surface area contributed by atoms with E-state index in [0.717, 1.165) is 11.1 Å². The summed E-state index contributed by atoms with van der Waals surface area (Å²) < 4.78 is 20.1. The topological polar surface area (TPSA) is 56.5 Å². The van der Waals surface area contributed by atoms with Gasteiger partial charge in [0.1, 0.15) is 11.6 Å². The van der Waals surface area contributed by atoms with Gasteiger partial charge in [-0.2, -0.15) is 9.50 Å². The van der Waals surface area contributed by atoms with Crippen molar-refractivity contribution in [2.45, 2.75) is 0 Å². The van der Waals surface area contributed by atoms with Gasteiger partial charge in [-0.25, -0.2) is 4.39 Å². The highest BCUT2D eigenvalue weighted by Crippen LogP contribution is 2.18. The maximum Gasteiger partial charge on any atom is 0.291 e. The number of rotatable bonds is 4. The molecule has 134 valence electrons. The van der Waals surface area contributed by atoms with Gasteiger partial charge < -0.3 is 4.74 Å². The third-order valence-electron chi connectivity index (χ3n) is 3.92. The van der Waals surface area contributed by atoms with E-state index in [9.17, 15) is 9.18 Å². The van der Waals surface area contributed by atoms with E-state index >= 15 is 0 Å². The zero-order valence-electron chi connectivity index (χ0n) is 14.3. The first-order valence-electron chi connectivity index (χ1n) is 8.12. The Bertz CT molecular complexity index is 1240. The fourth-order valence-corrected chi connectivity index (χ4v) is 3.50. The second kappa shape index (κ2) is 7.13. The molecule has 2 aromatic heterocycles. The number of ether oxygens (including phenoxy) is 1. The van der Waals surface area contributed by atoms with Gasteiger partial charge in [0.05, 0.1) is 11.6 Å². The van der Waals surface area contributed by atoms with Crippen LogP contribution in [0.2, 0.25) is 0 Å². The lowest BCUT2D eigenvalue weighted by atomic mass is 10.2. The number of para-hydroxylation sites is 1. The third kappa shape index (κ3) is 3.50. The lowest BCUT2D eigenvalue weighted by molar-refractivity contribution is 0.414. The SMILES string of the molecule is COc1ccccc1/C=c1/sc2nc(/C=C/c3ccc(F)cc3)nn2c1=O. The second-order valence-corrected chi connectivity index (χ2v) is 6.72. The van der Waals surface area contributed by atoms with Crippen LogP contribution in [0.25, 0.3) is 23.2 Å². The van der Waals surface area contributed by atoms with Crippen LogP contribution in [0.3, 0.4) is 0 Å². The second-order valence-electron chi connectivity index (χ2n) is 5.71. The van der Waals surface area contributed by atoms with Crippen molar-refractivity contribution in [1.82, 2.24) is 14.6 Å². The van der Waals surface area contributed by atoms with Crippen LogP contribution in [0.4, 0.5) is 4.39 Å². The molecule has 5 nitrogen and oxygen atoms in total. The quantitative estimate of drug-likeness (QED) is 0.547. The van der Waals surface area contributed by atoms with E-state index in [2.05, 4.69) is 10.1 Å². The molecular formula is C20H14FN3O2S. The standard InChI is InChI=1S/C20H14FN3O2S/c1-26-16-5-3-2-4-14(16)12-17-19(25)24-20(27-17)22-18(23-24)11-8-13-6-9-15(21)10-7-13/h2-12H,1H3/b11-8+,17-12+. The van der Waals surface area contributed by atoms with Gasteiger partial charge in [-0.1, -0.05) is 47.7 Å². The highest BCUT2D eigenvalue weighted by molar-refractivity contribution is 7.15. The summed E-state index contributed by atoms with van der Waals surface area (Å²) in [6, 6.07) is 13.6. The van der Waals surface area contributed by atoms with Gasteiger partial charge in [-0.05, 0) is 35.9 Å². The highest BCUT2D eigenvalue weighted by atomic mass is 32.1. The van der Waals surface area contributed by atoms with Gasteiger partial charge >= 0.3 is 0 Å². The molecule has 2 heterocycles. The van der Waals surface area contributed by atoms with Crippen molar-refractivity contribution in [3.8, 4) is 5.75 Å². The average molecular weight is 379 g/mol. The molecule has 2 aromatic carbocycles. The van der Waals surface area contributed by atoms with Crippen molar-refractivity contribution < 1.29 is 9.13 Å². The lowest BCUT2D eigenvalue weighted by Gasteiger charge is -2.02. The highest BCUT2D eigenvalue weighted by Gasteiger charge is 2.09. The molecule has 0 spiro atoms. The number of hydrogen-bond donors (Lipinski definition) is 0. The normalized spacial score (nSPS) is 12.3. The van der Waals surface area contributed by atoms with E-state index in [-0.39, 0.29) is 11.4 Å². The molecule has 0 aliphatic carbocycles. The van der Waals surface area contributed by atoms with Crippen molar-refractivity contribution in [3.05, 3.63) is 86.2 Å². The van der Waals surface area contributed by atoms with Crippen molar-refractivity contribution in [2.24, 2.45) is 0 Å². The molecule has 0 N–H and O–H groups in total. The summed E-state index contributed by atoms with van der Waals surface area (Å²) in [5, 5.41) is 4.24. The Hall–Kier alpha value is -3.32. The molecule has 0 unspecified atom stereocenters. The van der Waals surface area contributed by atoms with E-state index in [1.807, 2.05) is 24.3 Å². The van der Waals surface area contributed by atoms with Gasteiger partial charge in [0, 0.05) is 5.56 Å². The molecule has 0 aliphatic heterocycles. The molecule has 0 saturated heterocycles. The Morgan fingerprint density at radius 2 is 1.89 bits per heavy atom. The van der Waals surface area contributed by atoms with E-state index in [1.54, 1.807) is 37.5 Å². The molecule has 0 aliphatic rings. The fourth-order valence-electron chi connectivity index (χ4n) is 2.59. The molecule has 0 saturated carbocycles. The van der Waals surface area contributed by atoms with Crippen molar-refractivity contribution in [2.75, 3.05) is 7.11 Å². The molecule has 4 rings (SSSR count). The minimum atomic E-state index is -0.289. The predicted molar refractivity (Wildman–Crippen MR) is 104 cm³/mol. The number of aromatic nitrogens is 3. The molecule has 7 heteroatoms. The summed E-state index contributed by atoms with van der Waals surface area (Å²) in [4.78, 5) is 17.5. The molecule has 0 fully saturated rings. The molecule has 0 atom stereocenters. The Kier molecular flexibility index (Phi) is 4.52. The van der Waals surface area contributed by atoms with Crippen LogP contribution in [0, 0.1) is 5.82 Å². The fraction of sp³-hybridized carbons (Fsp3) is 0.0500.